The van der Waals surface area contributed by atoms with Crippen LogP contribution in [0.3, 0.4) is 0 Å². The van der Waals surface area contributed by atoms with E-state index in [2.05, 4.69) is 15.6 Å². The van der Waals surface area contributed by atoms with Crippen molar-refractivity contribution in [2.45, 2.75) is 0 Å². The van der Waals surface area contributed by atoms with Crippen molar-refractivity contribution in [3.05, 3.63) is 51.9 Å². The van der Waals surface area contributed by atoms with Crippen molar-refractivity contribution in [3.63, 3.8) is 0 Å². The normalized spacial score (nSPS) is 10.0. The molecule has 0 bridgehead atoms. The van der Waals surface area contributed by atoms with Crippen LogP contribution in [0.2, 0.25) is 10.0 Å². The Morgan fingerprint density at radius 2 is 2.00 bits per heavy atom. The summed E-state index contributed by atoms with van der Waals surface area (Å²) in [7, 11) is 0. The Kier molecular flexibility index (Phi) is 5.20. The summed E-state index contributed by atoms with van der Waals surface area (Å²) >= 11 is 11.7. The van der Waals surface area contributed by atoms with E-state index in [-0.39, 0.29) is 5.56 Å². The molecule has 0 saturated carbocycles. The zero-order valence-corrected chi connectivity index (χ0v) is 12.3. The predicted molar refractivity (Wildman–Crippen MR) is 82.4 cm³/mol. The van der Waals surface area contributed by atoms with Gasteiger partial charge >= 0.3 is 0 Å². The molecule has 0 atom stereocenters. The van der Waals surface area contributed by atoms with E-state index in [1.807, 2.05) is 6.07 Å². The fraction of sp³-hybridized carbons (Fsp3) is 0.143. The van der Waals surface area contributed by atoms with Crippen LogP contribution >= 0.6 is 23.2 Å². The first-order valence-corrected chi connectivity index (χ1v) is 6.85. The van der Waals surface area contributed by atoms with Gasteiger partial charge in [-0.15, -0.1) is 0 Å². The maximum atomic E-state index is 13.4. The fourth-order valence-electron chi connectivity index (χ4n) is 1.71. The van der Waals surface area contributed by atoms with Crippen molar-refractivity contribution < 1.29 is 4.39 Å². The molecule has 0 amide bonds. The van der Waals surface area contributed by atoms with Gasteiger partial charge in [-0.3, -0.25) is 0 Å². The summed E-state index contributed by atoms with van der Waals surface area (Å²) in [5.41, 5.74) is 0.453. The molecule has 2 rings (SSSR count). The lowest BCUT2D eigenvalue weighted by Gasteiger charge is -2.10. The van der Waals surface area contributed by atoms with E-state index in [1.54, 1.807) is 18.2 Å². The number of benzene rings is 1. The second-order valence-electron chi connectivity index (χ2n) is 4.11. The Morgan fingerprint density at radius 3 is 2.71 bits per heavy atom. The second kappa shape index (κ2) is 7.11. The molecular weight excluding hydrogens is 314 g/mol. The zero-order valence-electron chi connectivity index (χ0n) is 10.8. The minimum absolute atomic E-state index is 0.000139. The molecule has 1 aromatic carbocycles. The molecule has 0 unspecified atom stereocenters. The average molecular weight is 325 g/mol. The monoisotopic (exact) mass is 324 g/mol. The third kappa shape index (κ3) is 3.97. The van der Waals surface area contributed by atoms with Gasteiger partial charge in [-0.05, 0) is 18.2 Å². The fourth-order valence-corrected chi connectivity index (χ4v) is 2.15. The van der Waals surface area contributed by atoms with Gasteiger partial charge in [-0.25, -0.2) is 9.37 Å². The molecule has 1 heterocycles. The van der Waals surface area contributed by atoms with E-state index in [9.17, 15) is 4.39 Å². The van der Waals surface area contributed by atoms with Crippen LogP contribution in [-0.4, -0.2) is 18.1 Å². The van der Waals surface area contributed by atoms with Crippen molar-refractivity contribution in [2.24, 2.45) is 0 Å². The van der Waals surface area contributed by atoms with Crippen LogP contribution in [0.25, 0.3) is 0 Å². The van der Waals surface area contributed by atoms with Crippen LogP contribution in [-0.2, 0) is 0 Å². The predicted octanol–water partition coefficient (Wildman–Crippen LogP) is 3.92. The van der Waals surface area contributed by atoms with Gasteiger partial charge in [0.25, 0.3) is 0 Å². The highest BCUT2D eigenvalue weighted by molar-refractivity contribution is 6.35. The Labute approximate surface area is 131 Å². The molecule has 2 aromatic rings. The molecule has 21 heavy (non-hydrogen) atoms. The maximum absolute atomic E-state index is 13.4. The molecule has 0 radical (unpaired) electrons. The number of rotatable bonds is 5. The number of anilines is 2. The summed E-state index contributed by atoms with van der Waals surface area (Å²) in [4.78, 5) is 4.06. The summed E-state index contributed by atoms with van der Waals surface area (Å²) < 4.78 is 13.4. The first-order valence-electron chi connectivity index (χ1n) is 6.09. The number of pyridine rings is 1. The van der Waals surface area contributed by atoms with Gasteiger partial charge in [0.2, 0.25) is 0 Å². The molecule has 0 fully saturated rings. The van der Waals surface area contributed by atoms with Crippen molar-refractivity contribution in [2.75, 3.05) is 23.7 Å². The highest BCUT2D eigenvalue weighted by Crippen LogP contribution is 2.22. The zero-order chi connectivity index (χ0) is 15.2. The molecular formula is C14H11Cl2FN4. The molecule has 1 aromatic heterocycles. The number of hydrogen-bond acceptors (Lipinski definition) is 4. The van der Waals surface area contributed by atoms with Crippen molar-refractivity contribution in [3.8, 4) is 6.07 Å². The van der Waals surface area contributed by atoms with E-state index in [0.717, 1.165) is 0 Å². The van der Waals surface area contributed by atoms with E-state index >= 15 is 0 Å². The summed E-state index contributed by atoms with van der Waals surface area (Å²) in [5, 5.41) is 15.8. The lowest BCUT2D eigenvalue weighted by atomic mass is 10.2. The van der Waals surface area contributed by atoms with Gasteiger partial charge in [0.1, 0.15) is 23.3 Å². The molecule has 0 saturated heterocycles. The first-order chi connectivity index (χ1) is 10.1. The summed E-state index contributed by atoms with van der Waals surface area (Å²) in [6.07, 6.45) is 1.49. The Balaban J connectivity index is 1.91. The molecule has 0 aliphatic heterocycles. The van der Waals surface area contributed by atoms with E-state index < -0.39 is 5.82 Å². The molecule has 108 valence electrons. The molecule has 7 heteroatoms. The Bertz CT molecular complexity index is 685. The molecule has 2 N–H and O–H groups in total. The van der Waals surface area contributed by atoms with Gasteiger partial charge in [-0.1, -0.05) is 29.3 Å². The molecule has 4 nitrogen and oxygen atoms in total. The highest BCUT2D eigenvalue weighted by atomic mass is 35.5. The lowest BCUT2D eigenvalue weighted by Crippen LogP contribution is -2.15. The third-order valence-corrected chi connectivity index (χ3v) is 3.16. The number of nitrogens with zero attached hydrogens (tertiary/aromatic N) is 2. The lowest BCUT2D eigenvalue weighted by molar-refractivity contribution is 0.624. The Morgan fingerprint density at radius 1 is 1.24 bits per heavy atom. The maximum Gasteiger partial charge on any atom is 0.144 e. The van der Waals surface area contributed by atoms with Crippen LogP contribution in [0.1, 0.15) is 5.56 Å². The smallest absolute Gasteiger partial charge is 0.144 e. The van der Waals surface area contributed by atoms with Crippen LogP contribution in [0.4, 0.5) is 15.9 Å². The van der Waals surface area contributed by atoms with Gasteiger partial charge < -0.3 is 10.6 Å². The van der Waals surface area contributed by atoms with Crippen molar-refractivity contribution in [1.82, 2.24) is 4.98 Å². The Hall–Kier alpha value is -2.03. The highest BCUT2D eigenvalue weighted by Gasteiger charge is 2.07. The number of hydrogen-bond donors (Lipinski definition) is 2. The largest absolute Gasteiger partial charge is 0.382 e. The van der Waals surface area contributed by atoms with Crippen LogP contribution in [0, 0.1) is 17.1 Å². The van der Waals surface area contributed by atoms with Crippen molar-refractivity contribution in [1.29, 1.82) is 5.26 Å². The second-order valence-corrected chi connectivity index (χ2v) is 4.96. The van der Waals surface area contributed by atoms with Gasteiger partial charge in [0, 0.05) is 19.3 Å². The van der Waals surface area contributed by atoms with E-state index in [0.29, 0.717) is 34.6 Å². The standard InChI is InChI=1S/C14H11Cl2FN4/c15-9-6-11(16)14(21-8-9)20-5-4-19-13-3-1-2-12(17)10(13)7-18/h1-3,6,8,19H,4-5H2,(H,20,21). The van der Waals surface area contributed by atoms with Gasteiger partial charge in [-0.2, -0.15) is 5.26 Å². The summed E-state index contributed by atoms with van der Waals surface area (Å²) in [6, 6.07) is 7.86. The van der Waals surface area contributed by atoms with Gasteiger partial charge in [0.05, 0.1) is 15.7 Å². The SMILES string of the molecule is N#Cc1c(F)cccc1NCCNc1ncc(Cl)cc1Cl. The van der Waals surface area contributed by atoms with Gasteiger partial charge in [0.15, 0.2) is 0 Å². The quantitative estimate of drug-likeness (QED) is 0.818. The number of halogens is 3. The van der Waals surface area contributed by atoms with Crippen LogP contribution in [0.15, 0.2) is 30.5 Å². The topological polar surface area (TPSA) is 60.7 Å². The first kappa shape index (κ1) is 15.4. The minimum atomic E-state index is -0.544. The molecule has 0 aliphatic rings. The minimum Gasteiger partial charge on any atom is -0.382 e. The number of nitriles is 1. The number of nitrogens with one attached hydrogen (secondary N) is 2. The molecule has 0 aliphatic carbocycles. The van der Waals surface area contributed by atoms with Crippen LogP contribution < -0.4 is 10.6 Å². The summed E-state index contributed by atoms with van der Waals surface area (Å²) in [6.45, 7) is 0.967. The summed E-state index contributed by atoms with van der Waals surface area (Å²) in [5.74, 6) is -0.0273. The molecule has 0 spiro atoms. The third-order valence-electron chi connectivity index (χ3n) is 2.67. The van der Waals surface area contributed by atoms with Crippen molar-refractivity contribution >= 4 is 34.7 Å². The van der Waals surface area contributed by atoms with Crippen LogP contribution in [0.5, 0.6) is 0 Å². The van der Waals surface area contributed by atoms with E-state index in [1.165, 1.54) is 12.3 Å². The average Bonchev–Trinajstić information content (AvgIpc) is 2.45. The number of aromatic nitrogens is 1. The van der Waals surface area contributed by atoms with E-state index in [4.69, 9.17) is 28.5 Å².